The molecule has 0 aliphatic heterocycles. The van der Waals surface area contributed by atoms with Crippen molar-refractivity contribution in [2.45, 2.75) is 6.61 Å². The Hall–Kier alpha value is -3.15. The number of carbonyl (C=O) groups excluding carboxylic acids is 1. The van der Waals surface area contributed by atoms with Crippen molar-refractivity contribution in [2.24, 2.45) is 0 Å². The van der Waals surface area contributed by atoms with Gasteiger partial charge in [0.1, 0.15) is 12.4 Å². The maximum absolute atomic E-state index is 12.1. The number of H-pyrrole nitrogens is 1. The van der Waals surface area contributed by atoms with Gasteiger partial charge in [0, 0.05) is 29.7 Å². The summed E-state index contributed by atoms with van der Waals surface area (Å²) in [4.78, 5) is 16.2. The summed E-state index contributed by atoms with van der Waals surface area (Å²) in [5.41, 5.74) is 2.10. The molecule has 6 heteroatoms. The van der Waals surface area contributed by atoms with Crippen LogP contribution in [-0.4, -0.2) is 21.1 Å². The number of rotatable bonds is 5. The van der Waals surface area contributed by atoms with Gasteiger partial charge < -0.3 is 10.1 Å². The fourth-order valence-corrected chi connectivity index (χ4v) is 1.90. The van der Waals surface area contributed by atoms with Crippen LogP contribution in [0.2, 0.25) is 0 Å². The summed E-state index contributed by atoms with van der Waals surface area (Å²) < 4.78 is 5.68. The second kappa shape index (κ2) is 6.53. The SMILES string of the molecule is O=C(Nc1cn[nH]c1)c1cccc(OCc2cccnc2)c1. The second-order valence-corrected chi connectivity index (χ2v) is 4.62. The van der Waals surface area contributed by atoms with Crippen molar-refractivity contribution < 1.29 is 9.53 Å². The van der Waals surface area contributed by atoms with E-state index in [2.05, 4.69) is 20.5 Å². The molecule has 0 aliphatic carbocycles. The van der Waals surface area contributed by atoms with Crippen LogP contribution >= 0.6 is 0 Å². The quantitative estimate of drug-likeness (QED) is 0.758. The number of hydrogen-bond acceptors (Lipinski definition) is 4. The van der Waals surface area contributed by atoms with Gasteiger partial charge >= 0.3 is 0 Å². The summed E-state index contributed by atoms with van der Waals surface area (Å²) in [6.07, 6.45) is 6.61. The Morgan fingerprint density at radius 2 is 2.18 bits per heavy atom. The maximum atomic E-state index is 12.1. The molecule has 2 N–H and O–H groups in total. The average molecular weight is 294 g/mol. The molecule has 3 aromatic rings. The lowest BCUT2D eigenvalue weighted by Gasteiger charge is -2.08. The highest BCUT2D eigenvalue weighted by molar-refractivity contribution is 6.04. The van der Waals surface area contributed by atoms with Crippen molar-refractivity contribution in [3.63, 3.8) is 0 Å². The Morgan fingerprint density at radius 3 is 2.95 bits per heavy atom. The molecule has 110 valence electrons. The largest absolute Gasteiger partial charge is 0.489 e. The van der Waals surface area contributed by atoms with E-state index in [0.29, 0.717) is 23.6 Å². The molecular weight excluding hydrogens is 280 g/mol. The minimum absolute atomic E-state index is 0.215. The minimum atomic E-state index is -0.215. The fourth-order valence-electron chi connectivity index (χ4n) is 1.90. The van der Waals surface area contributed by atoms with Crippen LogP contribution in [0.4, 0.5) is 5.69 Å². The smallest absolute Gasteiger partial charge is 0.255 e. The minimum Gasteiger partial charge on any atom is -0.489 e. The number of anilines is 1. The van der Waals surface area contributed by atoms with Gasteiger partial charge in [-0.25, -0.2) is 0 Å². The number of carbonyl (C=O) groups is 1. The average Bonchev–Trinajstić information content (AvgIpc) is 3.07. The third kappa shape index (κ3) is 3.49. The Balaban J connectivity index is 1.65. The number of hydrogen-bond donors (Lipinski definition) is 2. The molecule has 2 aromatic heterocycles. The van der Waals surface area contributed by atoms with Gasteiger partial charge in [0.2, 0.25) is 0 Å². The molecule has 0 aliphatic rings. The number of benzene rings is 1. The van der Waals surface area contributed by atoms with E-state index < -0.39 is 0 Å². The van der Waals surface area contributed by atoms with Crippen LogP contribution in [0.3, 0.4) is 0 Å². The van der Waals surface area contributed by atoms with Crippen molar-refractivity contribution in [2.75, 3.05) is 5.32 Å². The highest BCUT2D eigenvalue weighted by Crippen LogP contribution is 2.16. The predicted octanol–water partition coefficient (Wildman–Crippen LogP) is 2.64. The Bertz CT molecular complexity index is 742. The molecule has 0 bridgehead atoms. The number of nitrogens with zero attached hydrogens (tertiary/aromatic N) is 2. The Labute approximate surface area is 127 Å². The normalized spacial score (nSPS) is 10.2. The number of ether oxygens (including phenoxy) is 1. The topological polar surface area (TPSA) is 79.9 Å². The molecule has 0 atom stereocenters. The second-order valence-electron chi connectivity index (χ2n) is 4.62. The number of pyridine rings is 1. The van der Waals surface area contributed by atoms with E-state index in [9.17, 15) is 4.79 Å². The monoisotopic (exact) mass is 294 g/mol. The van der Waals surface area contributed by atoms with E-state index >= 15 is 0 Å². The predicted molar refractivity (Wildman–Crippen MR) is 81.6 cm³/mol. The Morgan fingerprint density at radius 1 is 1.23 bits per heavy atom. The standard InChI is InChI=1S/C16H14N4O2/c21-16(20-14-9-18-19-10-14)13-4-1-5-15(7-13)22-11-12-3-2-6-17-8-12/h1-10H,11H2,(H,18,19)(H,20,21). The van der Waals surface area contributed by atoms with E-state index in [1.54, 1.807) is 43.0 Å². The molecule has 0 fully saturated rings. The summed E-state index contributed by atoms with van der Waals surface area (Å²) in [5, 5.41) is 9.16. The number of aromatic nitrogens is 3. The van der Waals surface area contributed by atoms with Crippen LogP contribution in [0.25, 0.3) is 0 Å². The molecule has 1 aromatic carbocycles. The maximum Gasteiger partial charge on any atom is 0.255 e. The zero-order chi connectivity index (χ0) is 15.2. The van der Waals surface area contributed by atoms with E-state index in [1.165, 1.54) is 0 Å². The van der Waals surface area contributed by atoms with Gasteiger partial charge in [0.15, 0.2) is 0 Å². The van der Waals surface area contributed by atoms with Gasteiger partial charge in [0.25, 0.3) is 5.91 Å². The molecule has 3 rings (SSSR count). The van der Waals surface area contributed by atoms with E-state index in [1.807, 2.05) is 18.2 Å². The number of aromatic amines is 1. The first-order valence-electron chi connectivity index (χ1n) is 6.73. The van der Waals surface area contributed by atoms with Crippen molar-refractivity contribution in [3.8, 4) is 5.75 Å². The first kappa shape index (κ1) is 13.8. The van der Waals surface area contributed by atoms with Crippen molar-refractivity contribution in [3.05, 3.63) is 72.3 Å². The van der Waals surface area contributed by atoms with Crippen LogP contribution in [0.5, 0.6) is 5.75 Å². The van der Waals surface area contributed by atoms with E-state index in [4.69, 9.17) is 4.74 Å². The van der Waals surface area contributed by atoms with Crippen LogP contribution in [0.1, 0.15) is 15.9 Å². The lowest BCUT2D eigenvalue weighted by molar-refractivity contribution is 0.102. The van der Waals surface area contributed by atoms with Crippen LogP contribution in [0, 0.1) is 0 Å². The fraction of sp³-hybridized carbons (Fsp3) is 0.0625. The highest BCUT2D eigenvalue weighted by Gasteiger charge is 2.08. The summed E-state index contributed by atoms with van der Waals surface area (Å²) in [5.74, 6) is 0.414. The molecule has 0 saturated heterocycles. The van der Waals surface area contributed by atoms with Gasteiger partial charge in [-0.3, -0.25) is 14.9 Å². The van der Waals surface area contributed by atoms with Crippen LogP contribution in [0.15, 0.2) is 61.2 Å². The lowest BCUT2D eigenvalue weighted by atomic mass is 10.2. The molecule has 0 radical (unpaired) electrons. The van der Waals surface area contributed by atoms with Crippen molar-refractivity contribution in [1.29, 1.82) is 0 Å². The van der Waals surface area contributed by atoms with Gasteiger partial charge in [0.05, 0.1) is 11.9 Å². The summed E-state index contributed by atoms with van der Waals surface area (Å²) in [7, 11) is 0. The van der Waals surface area contributed by atoms with Crippen LogP contribution < -0.4 is 10.1 Å². The number of nitrogens with one attached hydrogen (secondary N) is 2. The van der Waals surface area contributed by atoms with E-state index in [0.717, 1.165) is 5.56 Å². The first-order chi connectivity index (χ1) is 10.8. The lowest BCUT2D eigenvalue weighted by Crippen LogP contribution is -2.11. The Kier molecular flexibility index (Phi) is 4.10. The molecule has 1 amide bonds. The van der Waals surface area contributed by atoms with Gasteiger partial charge in [-0.15, -0.1) is 0 Å². The van der Waals surface area contributed by atoms with Gasteiger partial charge in [-0.2, -0.15) is 5.10 Å². The van der Waals surface area contributed by atoms with Crippen molar-refractivity contribution >= 4 is 11.6 Å². The van der Waals surface area contributed by atoms with Crippen molar-refractivity contribution in [1.82, 2.24) is 15.2 Å². The summed E-state index contributed by atoms with van der Waals surface area (Å²) in [6, 6.07) is 10.8. The van der Waals surface area contributed by atoms with Crippen LogP contribution in [-0.2, 0) is 6.61 Å². The zero-order valence-electron chi connectivity index (χ0n) is 11.7. The molecule has 22 heavy (non-hydrogen) atoms. The zero-order valence-corrected chi connectivity index (χ0v) is 11.7. The molecular formula is C16H14N4O2. The molecule has 0 unspecified atom stereocenters. The molecule has 0 saturated carbocycles. The third-order valence-corrected chi connectivity index (χ3v) is 2.98. The number of amides is 1. The first-order valence-corrected chi connectivity index (χ1v) is 6.73. The van der Waals surface area contributed by atoms with Gasteiger partial charge in [-0.1, -0.05) is 12.1 Å². The molecule has 0 spiro atoms. The molecule has 2 heterocycles. The molecule has 6 nitrogen and oxygen atoms in total. The highest BCUT2D eigenvalue weighted by atomic mass is 16.5. The summed E-state index contributed by atoms with van der Waals surface area (Å²) >= 11 is 0. The van der Waals surface area contributed by atoms with Gasteiger partial charge in [-0.05, 0) is 24.3 Å². The van der Waals surface area contributed by atoms with E-state index in [-0.39, 0.29) is 5.91 Å². The third-order valence-electron chi connectivity index (χ3n) is 2.98. The summed E-state index contributed by atoms with van der Waals surface area (Å²) in [6.45, 7) is 0.403.